The molecule has 90 valence electrons. The zero-order chi connectivity index (χ0) is 12.6. The van der Waals surface area contributed by atoms with Crippen LogP contribution in [0.25, 0.3) is 10.7 Å². The van der Waals surface area contributed by atoms with Crippen LogP contribution in [0.1, 0.15) is 25.5 Å². The molecule has 2 nitrogen and oxygen atoms in total. The summed E-state index contributed by atoms with van der Waals surface area (Å²) in [6.45, 7) is 4.18. The number of nitrogens with zero attached hydrogens (tertiary/aromatic N) is 2. The van der Waals surface area contributed by atoms with Crippen LogP contribution in [0.2, 0.25) is 10.2 Å². The summed E-state index contributed by atoms with van der Waals surface area (Å²) in [7, 11) is 0. The van der Waals surface area contributed by atoms with Crippen molar-refractivity contribution in [3.05, 3.63) is 30.9 Å². The summed E-state index contributed by atoms with van der Waals surface area (Å²) in [4.78, 5) is 9.80. The smallest absolute Gasteiger partial charge is 0.171 e. The van der Waals surface area contributed by atoms with Crippen LogP contribution < -0.4 is 0 Å². The lowest BCUT2D eigenvalue weighted by molar-refractivity contribution is 0.809. The first-order chi connectivity index (χ1) is 7.99. The third-order valence-electron chi connectivity index (χ3n) is 2.17. The Hall–Kier alpha value is 0.0900. The molecule has 0 spiro atoms. The van der Waals surface area contributed by atoms with Gasteiger partial charge in [0, 0.05) is 5.38 Å². The molecular formula is C11H9Cl2IN2S. The van der Waals surface area contributed by atoms with Gasteiger partial charge in [0.15, 0.2) is 5.82 Å². The Bertz CT molecular complexity index is 554. The Kier molecular flexibility index (Phi) is 4.28. The van der Waals surface area contributed by atoms with Crippen molar-refractivity contribution in [1.29, 1.82) is 0 Å². The molecule has 0 aliphatic rings. The molecule has 0 unspecified atom stereocenters. The Morgan fingerprint density at radius 1 is 1.29 bits per heavy atom. The first-order valence-electron chi connectivity index (χ1n) is 4.96. The van der Waals surface area contributed by atoms with E-state index in [-0.39, 0.29) is 0 Å². The van der Waals surface area contributed by atoms with Crippen LogP contribution in [0.5, 0.6) is 0 Å². The number of aromatic nitrogens is 2. The van der Waals surface area contributed by atoms with E-state index < -0.39 is 0 Å². The Labute approximate surface area is 128 Å². The highest BCUT2D eigenvalue weighted by Crippen LogP contribution is 2.31. The van der Waals surface area contributed by atoms with Gasteiger partial charge < -0.3 is 0 Å². The van der Waals surface area contributed by atoms with Gasteiger partial charge in [-0.1, -0.05) is 37.0 Å². The molecule has 0 aromatic carbocycles. The van der Waals surface area contributed by atoms with Crippen molar-refractivity contribution in [3.63, 3.8) is 0 Å². The Morgan fingerprint density at radius 3 is 2.53 bits per heavy atom. The quantitative estimate of drug-likeness (QED) is 0.510. The van der Waals surface area contributed by atoms with E-state index >= 15 is 0 Å². The van der Waals surface area contributed by atoms with Crippen LogP contribution in [0.3, 0.4) is 0 Å². The van der Waals surface area contributed by atoms with Gasteiger partial charge in [0.25, 0.3) is 0 Å². The Morgan fingerprint density at radius 2 is 2.00 bits per heavy atom. The summed E-state index contributed by atoms with van der Waals surface area (Å²) in [6.07, 6.45) is 0. The van der Waals surface area contributed by atoms with Gasteiger partial charge >= 0.3 is 0 Å². The van der Waals surface area contributed by atoms with Crippen molar-refractivity contribution in [1.82, 2.24) is 9.97 Å². The van der Waals surface area contributed by atoms with Crippen molar-refractivity contribution in [2.75, 3.05) is 0 Å². The lowest BCUT2D eigenvalue weighted by atomic mass is 10.1. The van der Waals surface area contributed by atoms with E-state index in [0.717, 1.165) is 14.1 Å². The largest absolute Gasteiger partial charge is 0.231 e. The fourth-order valence-electron chi connectivity index (χ4n) is 1.36. The molecule has 0 aliphatic carbocycles. The number of halogens is 3. The molecule has 0 amide bonds. The van der Waals surface area contributed by atoms with Crippen molar-refractivity contribution < 1.29 is 0 Å². The minimum absolute atomic E-state index is 0.316. The highest BCUT2D eigenvalue weighted by atomic mass is 127. The zero-order valence-electron chi connectivity index (χ0n) is 9.17. The lowest BCUT2D eigenvalue weighted by Gasteiger charge is -2.09. The summed E-state index contributed by atoms with van der Waals surface area (Å²) in [6, 6.07) is 1.86. The van der Waals surface area contributed by atoms with Crippen LogP contribution in [-0.2, 0) is 0 Å². The van der Waals surface area contributed by atoms with E-state index in [0.29, 0.717) is 21.9 Å². The van der Waals surface area contributed by atoms with Crippen molar-refractivity contribution in [2.24, 2.45) is 0 Å². The molecule has 6 heteroatoms. The molecule has 2 heterocycles. The molecule has 0 saturated heterocycles. The van der Waals surface area contributed by atoms with Crippen molar-refractivity contribution in [2.45, 2.75) is 19.8 Å². The minimum atomic E-state index is 0.316. The predicted octanol–water partition coefficient (Wildman–Crippen LogP) is 5.24. The summed E-state index contributed by atoms with van der Waals surface area (Å²) in [5, 5.41) is 3.07. The van der Waals surface area contributed by atoms with Gasteiger partial charge in [0.1, 0.15) is 5.15 Å². The van der Waals surface area contributed by atoms with E-state index in [4.69, 9.17) is 23.2 Å². The molecule has 0 radical (unpaired) electrons. The molecule has 0 bridgehead atoms. The molecule has 0 N–H and O–H groups in total. The van der Waals surface area contributed by atoms with Gasteiger partial charge in [-0.05, 0) is 34.6 Å². The molecule has 17 heavy (non-hydrogen) atoms. The van der Waals surface area contributed by atoms with Crippen molar-refractivity contribution >= 4 is 57.1 Å². The van der Waals surface area contributed by atoms with E-state index in [2.05, 4.69) is 46.4 Å². The second kappa shape index (κ2) is 5.38. The maximum absolute atomic E-state index is 6.13. The summed E-state index contributed by atoms with van der Waals surface area (Å²) in [5.74, 6) is 0.965. The number of hydrogen-bond acceptors (Lipinski definition) is 3. The van der Waals surface area contributed by atoms with Gasteiger partial charge in [-0.2, -0.15) is 0 Å². The van der Waals surface area contributed by atoms with Crippen LogP contribution >= 0.6 is 57.1 Å². The van der Waals surface area contributed by atoms with E-state index in [1.807, 2.05) is 11.4 Å². The fourth-order valence-corrected chi connectivity index (χ4v) is 3.41. The predicted molar refractivity (Wildman–Crippen MR) is 82.2 cm³/mol. The second-order valence-corrected chi connectivity index (χ2v) is 6.61. The number of rotatable bonds is 2. The lowest BCUT2D eigenvalue weighted by Crippen LogP contribution is -2.01. The standard InChI is InChI=1S/C11H9Cl2IN2S/c1-5(2)9-8(14)10(13)16-11(15-9)7-3-6(12)4-17-7/h3-5H,1-2H3. The third kappa shape index (κ3) is 2.92. The third-order valence-corrected chi connectivity index (χ3v) is 5.10. The average Bonchev–Trinajstić information content (AvgIpc) is 2.68. The van der Waals surface area contributed by atoms with Gasteiger partial charge in [-0.15, -0.1) is 11.3 Å². The van der Waals surface area contributed by atoms with Crippen LogP contribution in [0, 0.1) is 3.57 Å². The maximum Gasteiger partial charge on any atom is 0.171 e. The molecule has 0 aliphatic heterocycles. The first kappa shape index (κ1) is 13.5. The molecule has 2 aromatic heterocycles. The van der Waals surface area contributed by atoms with Crippen molar-refractivity contribution in [3.8, 4) is 10.7 Å². The van der Waals surface area contributed by atoms with E-state index in [1.54, 1.807) is 0 Å². The summed E-state index contributed by atoms with van der Waals surface area (Å²) < 4.78 is 0.922. The second-order valence-electron chi connectivity index (χ2n) is 3.82. The highest BCUT2D eigenvalue weighted by molar-refractivity contribution is 14.1. The number of hydrogen-bond donors (Lipinski definition) is 0. The first-order valence-corrected chi connectivity index (χ1v) is 7.67. The number of thiophene rings is 1. The minimum Gasteiger partial charge on any atom is -0.231 e. The maximum atomic E-state index is 6.13. The molecular weight excluding hydrogens is 390 g/mol. The van der Waals surface area contributed by atoms with E-state index in [9.17, 15) is 0 Å². The van der Waals surface area contributed by atoms with Gasteiger partial charge in [0.2, 0.25) is 0 Å². The molecule has 0 atom stereocenters. The highest BCUT2D eigenvalue weighted by Gasteiger charge is 2.15. The summed E-state index contributed by atoms with van der Waals surface area (Å²) >= 11 is 15.7. The van der Waals surface area contributed by atoms with Crippen LogP contribution in [0.15, 0.2) is 11.4 Å². The molecule has 2 rings (SSSR count). The van der Waals surface area contributed by atoms with Gasteiger partial charge in [-0.3, -0.25) is 0 Å². The van der Waals surface area contributed by atoms with Crippen LogP contribution in [0.4, 0.5) is 0 Å². The molecule has 0 saturated carbocycles. The van der Waals surface area contributed by atoms with E-state index in [1.165, 1.54) is 11.3 Å². The topological polar surface area (TPSA) is 25.8 Å². The van der Waals surface area contributed by atoms with Gasteiger partial charge in [0.05, 0.1) is 19.2 Å². The fraction of sp³-hybridized carbons (Fsp3) is 0.273. The summed E-state index contributed by atoms with van der Waals surface area (Å²) in [5.41, 5.74) is 0.977. The molecule has 0 fully saturated rings. The average molecular weight is 399 g/mol. The molecule has 2 aromatic rings. The zero-order valence-corrected chi connectivity index (χ0v) is 13.7. The normalized spacial score (nSPS) is 11.2. The SMILES string of the molecule is CC(C)c1nc(-c2cc(Cl)cs2)nc(Cl)c1I. The monoisotopic (exact) mass is 398 g/mol. The van der Waals surface area contributed by atoms with Gasteiger partial charge in [-0.25, -0.2) is 9.97 Å². The Balaban J connectivity index is 2.56. The van der Waals surface area contributed by atoms with Crippen LogP contribution in [-0.4, -0.2) is 9.97 Å².